The van der Waals surface area contributed by atoms with Gasteiger partial charge in [-0.25, -0.2) is 4.98 Å². The third-order valence-electron chi connectivity index (χ3n) is 3.64. The van der Waals surface area contributed by atoms with Crippen molar-refractivity contribution in [3.05, 3.63) is 75.2 Å². The molecule has 0 aliphatic heterocycles. The van der Waals surface area contributed by atoms with Crippen molar-refractivity contribution in [2.24, 2.45) is 0 Å². The maximum Gasteiger partial charge on any atom is 0.252 e. The van der Waals surface area contributed by atoms with Gasteiger partial charge in [0.25, 0.3) is 5.91 Å². The van der Waals surface area contributed by atoms with Crippen molar-refractivity contribution in [1.82, 2.24) is 10.3 Å². The van der Waals surface area contributed by atoms with E-state index in [1.165, 1.54) is 0 Å². The van der Waals surface area contributed by atoms with Gasteiger partial charge >= 0.3 is 0 Å². The molecule has 1 heterocycles. The zero-order valence-electron chi connectivity index (χ0n) is 14.8. The Labute approximate surface area is 171 Å². The number of hydrogen-bond donors (Lipinski definition) is 1. The van der Waals surface area contributed by atoms with Crippen LogP contribution in [0.5, 0.6) is 5.75 Å². The van der Waals surface area contributed by atoms with Crippen molar-refractivity contribution in [2.45, 2.75) is 17.6 Å². The summed E-state index contributed by atoms with van der Waals surface area (Å²) in [5, 5.41) is 6.68. The van der Waals surface area contributed by atoms with Crippen LogP contribution in [0.3, 0.4) is 0 Å². The lowest BCUT2D eigenvalue weighted by Gasteiger charge is -2.10. The van der Waals surface area contributed by atoms with Crippen LogP contribution >= 0.6 is 34.7 Å². The van der Waals surface area contributed by atoms with E-state index in [1.54, 1.807) is 47.4 Å². The Morgan fingerprint density at radius 2 is 2.00 bits per heavy atom. The maximum absolute atomic E-state index is 12.5. The van der Waals surface area contributed by atoms with Crippen molar-refractivity contribution in [3.63, 3.8) is 0 Å². The maximum atomic E-state index is 12.5. The second-order valence-electron chi connectivity index (χ2n) is 5.70. The Kier molecular flexibility index (Phi) is 7.15. The number of carbonyl (C=O) groups is 1. The van der Waals surface area contributed by atoms with Crippen LogP contribution in [-0.4, -0.2) is 24.0 Å². The number of aromatic nitrogens is 1. The summed E-state index contributed by atoms with van der Waals surface area (Å²) in [6.45, 7) is 2.80. The number of ether oxygens (including phenoxy) is 1. The number of nitrogens with zero attached hydrogens (tertiary/aromatic N) is 1. The number of carbonyl (C=O) groups excluding carboxylic acids is 1. The van der Waals surface area contributed by atoms with Crippen LogP contribution < -0.4 is 10.1 Å². The molecule has 0 bridgehead atoms. The summed E-state index contributed by atoms with van der Waals surface area (Å²) in [6.07, 6.45) is 0. The van der Waals surface area contributed by atoms with Crippen molar-refractivity contribution in [2.75, 3.05) is 13.2 Å². The zero-order valence-corrected chi connectivity index (χ0v) is 17.2. The number of nitrogens with one attached hydrogen (secondary N) is 1. The van der Waals surface area contributed by atoms with Gasteiger partial charge < -0.3 is 10.1 Å². The Hall–Kier alpha value is -2.02. The van der Waals surface area contributed by atoms with Crippen molar-refractivity contribution >= 4 is 40.6 Å². The molecule has 27 heavy (non-hydrogen) atoms. The molecule has 0 aliphatic rings. The van der Waals surface area contributed by atoms with Gasteiger partial charge in [0.15, 0.2) is 0 Å². The molecule has 2 aromatic carbocycles. The van der Waals surface area contributed by atoms with E-state index in [1.807, 2.05) is 31.2 Å². The lowest BCUT2D eigenvalue weighted by Crippen LogP contribution is -2.28. The Morgan fingerprint density at radius 1 is 1.22 bits per heavy atom. The monoisotopic (exact) mass is 418 g/mol. The number of aryl methyl sites for hydroxylation is 1. The Balaban J connectivity index is 1.51. The summed E-state index contributed by atoms with van der Waals surface area (Å²) >= 11 is 9.10. The SMILES string of the molecule is Cc1nc(CSc2ccccc2C(=O)NCCOc2ccc(Cl)cc2)cs1. The molecular weight excluding hydrogens is 400 g/mol. The predicted octanol–water partition coefficient (Wildman–Crippen LogP) is 5.21. The molecule has 1 amide bonds. The molecule has 0 atom stereocenters. The van der Waals surface area contributed by atoms with Gasteiger partial charge in [-0.3, -0.25) is 4.79 Å². The first-order valence-corrected chi connectivity index (χ1v) is 10.7. The highest BCUT2D eigenvalue weighted by Gasteiger charge is 2.11. The van der Waals surface area contributed by atoms with Gasteiger partial charge in [-0.15, -0.1) is 23.1 Å². The number of thiazole rings is 1. The van der Waals surface area contributed by atoms with E-state index in [2.05, 4.69) is 15.7 Å². The van der Waals surface area contributed by atoms with Crippen LogP contribution in [0.1, 0.15) is 21.1 Å². The van der Waals surface area contributed by atoms with Gasteiger partial charge in [-0.1, -0.05) is 23.7 Å². The quantitative estimate of drug-likeness (QED) is 0.403. The molecule has 3 rings (SSSR count). The van der Waals surface area contributed by atoms with Crippen LogP contribution in [0.4, 0.5) is 0 Å². The topological polar surface area (TPSA) is 51.2 Å². The summed E-state index contributed by atoms with van der Waals surface area (Å²) in [5.74, 6) is 1.37. The van der Waals surface area contributed by atoms with Crippen LogP contribution in [0.15, 0.2) is 58.8 Å². The smallest absolute Gasteiger partial charge is 0.252 e. The number of amides is 1. The summed E-state index contributed by atoms with van der Waals surface area (Å²) in [5.41, 5.74) is 1.70. The van der Waals surface area contributed by atoms with Gasteiger partial charge in [0.2, 0.25) is 0 Å². The van der Waals surface area contributed by atoms with E-state index in [0.29, 0.717) is 23.7 Å². The van der Waals surface area contributed by atoms with Gasteiger partial charge in [-0.2, -0.15) is 0 Å². The van der Waals surface area contributed by atoms with Crippen molar-refractivity contribution in [3.8, 4) is 5.75 Å². The van der Waals surface area contributed by atoms with E-state index < -0.39 is 0 Å². The van der Waals surface area contributed by atoms with Crippen LogP contribution in [0, 0.1) is 6.92 Å². The fraction of sp³-hybridized carbons (Fsp3) is 0.200. The average molecular weight is 419 g/mol. The van der Waals surface area contributed by atoms with Gasteiger partial charge in [-0.05, 0) is 43.3 Å². The second-order valence-corrected chi connectivity index (χ2v) is 8.22. The third kappa shape index (κ3) is 5.99. The molecular formula is C20H19ClN2O2S2. The summed E-state index contributed by atoms with van der Waals surface area (Å²) in [4.78, 5) is 17.9. The summed E-state index contributed by atoms with van der Waals surface area (Å²) in [7, 11) is 0. The van der Waals surface area contributed by atoms with Crippen molar-refractivity contribution < 1.29 is 9.53 Å². The lowest BCUT2D eigenvalue weighted by atomic mass is 10.2. The molecule has 0 radical (unpaired) electrons. The number of benzene rings is 2. The van der Waals surface area contributed by atoms with Crippen LogP contribution in [-0.2, 0) is 5.75 Å². The highest BCUT2D eigenvalue weighted by Crippen LogP contribution is 2.26. The average Bonchev–Trinajstić information content (AvgIpc) is 3.10. The van der Waals surface area contributed by atoms with E-state index in [-0.39, 0.29) is 5.91 Å². The summed E-state index contributed by atoms with van der Waals surface area (Å²) in [6, 6.07) is 14.8. The molecule has 0 saturated carbocycles. The molecule has 140 valence electrons. The van der Waals surface area contributed by atoms with Crippen LogP contribution in [0.25, 0.3) is 0 Å². The van der Waals surface area contributed by atoms with E-state index in [4.69, 9.17) is 16.3 Å². The predicted molar refractivity (Wildman–Crippen MR) is 112 cm³/mol. The highest BCUT2D eigenvalue weighted by molar-refractivity contribution is 7.98. The first kappa shape index (κ1) is 19.7. The Morgan fingerprint density at radius 3 is 2.74 bits per heavy atom. The van der Waals surface area contributed by atoms with Gasteiger partial charge in [0.05, 0.1) is 22.8 Å². The van der Waals surface area contributed by atoms with E-state index >= 15 is 0 Å². The van der Waals surface area contributed by atoms with E-state index in [9.17, 15) is 4.79 Å². The molecule has 1 N–H and O–H groups in total. The van der Waals surface area contributed by atoms with Crippen LogP contribution in [0.2, 0.25) is 5.02 Å². The lowest BCUT2D eigenvalue weighted by molar-refractivity contribution is 0.0944. The minimum Gasteiger partial charge on any atom is -0.492 e. The van der Waals surface area contributed by atoms with Gasteiger partial charge in [0, 0.05) is 21.1 Å². The van der Waals surface area contributed by atoms with Crippen molar-refractivity contribution in [1.29, 1.82) is 0 Å². The second kappa shape index (κ2) is 9.78. The molecule has 3 aromatic rings. The summed E-state index contributed by atoms with van der Waals surface area (Å²) < 4.78 is 5.60. The van der Waals surface area contributed by atoms with E-state index in [0.717, 1.165) is 27.1 Å². The molecule has 0 aliphatic carbocycles. The molecule has 0 fully saturated rings. The molecule has 1 aromatic heterocycles. The molecule has 0 spiro atoms. The first-order chi connectivity index (χ1) is 13.1. The number of halogens is 1. The molecule has 4 nitrogen and oxygen atoms in total. The minimum atomic E-state index is -0.104. The standard InChI is InChI=1S/C20H19ClN2O2S2/c1-14-23-16(12-26-14)13-27-19-5-3-2-4-18(19)20(24)22-10-11-25-17-8-6-15(21)7-9-17/h2-9,12H,10-11,13H2,1H3,(H,22,24). The fourth-order valence-electron chi connectivity index (χ4n) is 2.37. The van der Waals surface area contributed by atoms with Gasteiger partial charge in [0.1, 0.15) is 12.4 Å². The Bertz CT molecular complexity index is 897. The largest absolute Gasteiger partial charge is 0.492 e. The first-order valence-electron chi connectivity index (χ1n) is 8.41. The number of rotatable bonds is 8. The number of hydrogen-bond acceptors (Lipinski definition) is 5. The fourth-order valence-corrected chi connectivity index (χ4v) is 4.15. The highest BCUT2D eigenvalue weighted by atomic mass is 35.5. The number of thioether (sulfide) groups is 1. The zero-order chi connectivity index (χ0) is 19.1. The molecule has 7 heteroatoms. The molecule has 0 unspecified atom stereocenters. The normalized spacial score (nSPS) is 10.6. The third-order valence-corrected chi connectivity index (χ3v) is 5.83. The molecule has 0 saturated heterocycles. The minimum absolute atomic E-state index is 0.104.